The zero-order chi connectivity index (χ0) is 22.0. The van der Waals surface area contributed by atoms with Gasteiger partial charge in [0.25, 0.3) is 0 Å². The van der Waals surface area contributed by atoms with Gasteiger partial charge in [0.2, 0.25) is 0 Å². The molecular weight excluding hydrogens is 505 g/mol. The molecule has 9 heteroatoms. The number of aromatic amines is 2. The lowest BCUT2D eigenvalue weighted by molar-refractivity contribution is 0.282. The highest BCUT2D eigenvalue weighted by Crippen LogP contribution is 2.38. The van der Waals surface area contributed by atoms with E-state index in [0.717, 1.165) is 26.8 Å². The van der Waals surface area contributed by atoms with E-state index in [2.05, 4.69) is 31.2 Å². The minimum atomic E-state index is -0.227. The van der Waals surface area contributed by atoms with E-state index < -0.39 is 0 Å². The van der Waals surface area contributed by atoms with Gasteiger partial charge in [-0.05, 0) is 64.0 Å². The molecule has 4 aromatic rings. The molecule has 3 N–H and O–H groups in total. The molecule has 31 heavy (non-hydrogen) atoms. The number of benzene rings is 3. The van der Waals surface area contributed by atoms with E-state index in [4.69, 9.17) is 32.7 Å². The number of hydrogen-bond acceptors (Lipinski definition) is 4. The maximum Gasteiger partial charge on any atom is 0.323 e. The zero-order valence-electron chi connectivity index (χ0n) is 16.4. The third kappa shape index (κ3) is 4.84. The van der Waals surface area contributed by atoms with Crippen LogP contribution in [-0.4, -0.2) is 17.1 Å². The summed E-state index contributed by atoms with van der Waals surface area (Å²) in [5.41, 5.74) is 3.86. The van der Waals surface area contributed by atoms with Crippen LogP contribution >= 0.6 is 39.1 Å². The Kier molecular flexibility index (Phi) is 6.46. The van der Waals surface area contributed by atoms with Crippen molar-refractivity contribution in [1.29, 1.82) is 0 Å². The van der Waals surface area contributed by atoms with Crippen molar-refractivity contribution in [2.24, 2.45) is 0 Å². The number of imidazole rings is 1. The fourth-order valence-electron chi connectivity index (χ4n) is 3.18. The van der Waals surface area contributed by atoms with Crippen molar-refractivity contribution in [3.63, 3.8) is 0 Å². The fraction of sp³-hybridized carbons (Fsp3) is 0.136. The third-order valence-corrected chi connectivity index (χ3v) is 6.02. The van der Waals surface area contributed by atoms with Gasteiger partial charge in [0.05, 0.1) is 22.6 Å². The van der Waals surface area contributed by atoms with Crippen molar-refractivity contribution in [3.05, 3.63) is 84.7 Å². The summed E-state index contributed by atoms with van der Waals surface area (Å²) < 4.78 is 12.3. The lowest BCUT2D eigenvalue weighted by Gasteiger charge is -2.16. The molecule has 0 bridgehead atoms. The largest absolute Gasteiger partial charge is 0.493 e. The Bertz CT molecular complexity index is 1280. The number of aromatic nitrogens is 2. The third-order valence-electron chi connectivity index (χ3n) is 4.72. The molecule has 0 saturated heterocycles. The fourth-order valence-corrected chi connectivity index (χ4v) is 4.29. The van der Waals surface area contributed by atoms with Crippen LogP contribution in [0.3, 0.4) is 0 Å². The molecule has 4 rings (SSSR count). The number of anilines is 1. The Morgan fingerprint density at radius 2 is 1.77 bits per heavy atom. The molecule has 0 amide bonds. The quantitative estimate of drug-likeness (QED) is 0.273. The molecule has 0 unspecified atom stereocenters. The van der Waals surface area contributed by atoms with Gasteiger partial charge in [-0.15, -0.1) is 0 Å². The van der Waals surface area contributed by atoms with E-state index in [9.17, 15) is 4.79 Å². The van der Waals surface area contributed by atoms with E-state index in [1.807, 2.05) is 30.3 Å². The number of ether oxygens (including phenoxy) is 2. The van der Waals surface area contributed by atoms with Gasteiger partial charge in [-0.25, -0.2) is 4.79 Å². The van der Waals surface area contributed by atoms with E-state index in [-0.39, 0.29) is 12.3 Å². The Hall–Kier alpha value is -2.61. The first-order valence-corrected chi connectivity index (χ1v) is 10.9. The van der Waals surface area contributed by atoms with Crippen molar-refractivity contribution < 1.29 is 9.47 Å². The highest BCUT2D eigenvalue weighted by Gasteiger charge is 2.14. The molecule has 0 fully saturated rings. The van der Waals surface area contributed by atoms with Crippen molar-refractivity contribution in [1.82, 2.24) is 9.97 Å². The highest BCUT2D eigenvalue weighted by atomic mass is 79.9. The first kappa shape index (κ1) is 21.6. The minimum absolute atomic E-state index is 0.208. The molecule has 0 radical (unpaired) electrons. The van der Waals surface area contributed by atoms with Crippen LogP contribution in [0.5, 0.6) is 11.5 Å². The van der Waals surface area contributed by atoms with Crippen LogP contribution in [-0.2, 0) is 13.2 Å². The smallest absolute Gasteiger partial charge is 0.323 e. The molecule has 0 spiro atoms. The van der Waals surface area contributed by atoms with Gasteiger partial charge in [-0.3, -0.25) is 0 Å². The van der Waals surface area contributed by atoms with Gasteiger partial charge in [-0.1, -0.05) is 29.3 Å². The van der Waals surface area contributed by atoms with Gasteiger partial charge in [0, 0.05) is 27.8 Å². The van der Waals surface area contributed by atoms with Crippen LogP contribution in [0.15, 0.2) is 57.8 Å². The lowest BCUT2D eigenvalue weighted by atomic mass is 10.2. The monoisotopic (exact) mass is 521 g/mol. The molecule has 1 aromatic heterocycles. The molecule has 0 saturated carbocycles. The van der Waals surface area contributed by atoms with Crippen molar-refractivity contribution >= 4 is 55.9 Å². The van der Waals surface area contributed by atoms with E-state index in [1.165, 1.54) is 0 Å². The average molecular weight is 523 g/mol. The van der Waals surface area contributed by atoms with E-state index >= 15 is 0 Å². The topological polar surface area (TPSA) is 79.1 Å². The summed E-state index contributed by atoms with van der Waals surface area (Å²) in [6.07, 6.45) is 0. The molecule has 6 nitrogen and oxygen atoms in total. The molecule has 0 atom stereocenters. The number of methoxy groups -OCH3 is 1. The van der Waals surface area contributed by atoms with E-state index in [0.29, 0.717) is 33.7 Å². The Morgan fingerprint density at radius 1 is 1.03 bits per heavy atom. The first-order valence-electron chi connectivity index (χ1n) is 9.32. The van der Waals surface area contributed by atoms with Gasteiger partial charge in [0.15, 0.2) is 11.5 Å². The summed E-state index contributed by atoms with van der Waals surface area (Å²) in [6.45, 7) is 0.756. The van der Waals surface area contributed by atoms with Crippen LogP contribution in [0.2, 0.25) is 10.0 Å². The Morgan fingerprint density at radius 3 is 2.52 bits per heavy atom. The van der Waals surface area contributed by atoms with Crippen LogP contribution < -0.4 is 20.5 Å². The van der Waals surface area contributed by atoms with E-state index in [1.54, 1.807) is 25.3 Å². The molecule has 160 valence electrons. The van der Waals surface area contributed by atoms with Crippen molar-refractivity contribution in [3.8, 4) is 11.5 Å². The first-order chi connectivity index (χ1) is 14.9. The standard InChI is InChI=1S/C22H18BrCl2N3O3/c1-30-20-8-12(10-26-13-5-6-18-19(9-13)28-22(29)27-18)7-15(23)21(20)31-11-14-16(24)3-2-4-17(14)25/h2-9,26H,10-11H2,1H3,(H2,27,28,29). The molecule has 0 aliphatic carbocycles. The van der Waals surface area contributed by atoms with Crippen LogP contribution in [0.25, 0.3) is 11.0 Å². The minimum Gasteiger partial charge on any atom is -0.493 e. The summed E-state index contributed by atoms with van der Waals surface area (Å²) >= 11 is 16.0. The maximum atomic E-state index is 11.4. The predicted molar refractivity (Wildman–Crippen MR) is 128 cm³/mol. The Labute approximate surface area is 196 Å². The number of halogens is 3. The lowest BCUT2D eigenvalue weighted by Crippen LogP contribution is -2.03. The van der Waals surface area contributed by atoms with Gasteiger partial charge in [0.1, 0.15) is 6.61 Å². The van der Waals surface area contributed by atoms with Crippen molar-refractivity contribution in [2.75, 3.05) is 12.4 Å². The highest BCUT2D eigenvalue weighted by molar-refractivity contribution is 9.10. The zero-order valence-corrected chi connectivity index (χ0v) is 19.5. The Balaban J connectivity index is 1.50. The molecular formula is C22H18BrCl2N3O3. The number of rotatable bonds is 7. The maximum absolute atomic E-state index is 11.4. The average Bonchev–Trinajstić information content (AvgIpc) is 3.11. The molecule has 1 heterocycles. The van der Waals surface area contributed by atoms with Gasteiger partial charge < -0.3 is 24.8 Å². The normalized spacial score (nSPS) is 11.0. The summed E-state index contributed by atoms with van der Waals surface area (Å²) in [5, 5.41) is 4.44. The molecule has 0 aliphatic rings. The number of nitrogens with one attached hydrogen (secondary N) is 3. The summed E-state index contributed by atoms with van der Waals surface area (Å²) in [4.78, 5) is 16.9. The number of hydrogen-bond donors (Lipinski definition) is 3. The second kappa shape index (κ2) is 9.26. The summed E-state index contributed by atoms with van der Waals surface area (Å²) in [6, 6.07) is 14.8. The second-order valence-electron chi connectivity index (χ2n) is 6.79. The van der Waals surface area contributed by atoms with Crippen LogP contribution in [0, 0.1) is 0 Å². The second-order valence-corrected chi connectivity index (χ2v) is 8.46. The SMILES string of the molecule is COc1cc(CNc2ccc3[nH]c(=O)[nH]c3c2)cc(Br)c1OCc1c(Cl)cccc1Cl. The van der Waals surface area contributed by atoms with Crippen LogP contribution in [0.1, 0.15) is 11.1 Å². The predicted octanol–water partition coefficient (Wildman–Crippen LogP) is 6.13. The number of fused-ring (bicyclic) bond motifs is 1. The molecule has 3 aromatic carbocycles. The van der Waals surface area contributed by atoms with Crippen LogP contribution in [0.4, 0.5) is 5.69 Å². The van der Waals surface area contributed by atoms with Gasteiger partial charge in [-0.2, -0.15) is 0 Å². The molecule has 0 aliphatic heterocycles. The number of H-pyrrole nitrogens is 2. The van der Waals surface area contributed by atoms with Crippen molar-refractivity contribution in [2.45, 2.75) is 13.2 Å². The summed E-state index contributed by atoms with van der Waals surface area (Å²) in [7, 11) is 1.59. The summed E-state index contributed by atoms with van der Waals surface area (Å²) in [5.74, 6) is 1.15. The van der Waals surface area contributed by atoms with Gasteiger partial charge >= 0.3 is 5.69 Å².